The van der Waals surface area contributed by atoms with Crippen molar-refractivity contribution in [3.8, 4) is 5.75 Å². The maximum Gasteiger partial charge on any atom is 0.246 e. The van der Waals surface area contributed by atoms with Crippen molar-refractivity contribution >= 4 is 45.0 Å². The van der Waals surface area contributed by atoms with Gasteiger partial charge in [-0.1, -0.05) is 26.0 Å². The van der Waals surface area contributed by atoms with Crippen molar-refractivity contribution in [1.29, 1.82) is 0 Å². The molecule has 178 valence electrons. The van der Waals surface area contributed by atoms with Crippen LogP contribution in [0.15, 0.2) is 52.3 Å². The summed E-state index contributed by atoms with van der Waals surface area (Å²) in [4.78, 5) is 27.7. The molecular weight excluding hydrogens is 462 g/mol. The molecule has 1 heterocycles. The Hall–Kier alpha value is -2.56. The zero-order chi connectivity index (χ0) is 24.0. The van der Waals surface area contributed by atoms with Gasteiger partial charge in [-0.2, -0.15) is 4.31 Å². The van der Waals surface area contributed by atoms with Crippen molar-refractivity contribution in [2.45, 2.75) is 37.0 Å². The second-order valence-electron chi connectivity index (χ2n) is 7.28. The Morgan fingerprint density at radius 2 is 1.88 bits per heavy atom. The lowest BCUT2D eigenvalue weighted by molar-refractivity contribution is -0.117. The van der Waals surface area contributed by atoms with Crippen LogP contribution in [0.5, 0.6) is 5.75 Å². The van der Waals surface area contributed by atoms with Crippen LogP contribution in [-0.4, -0.2) is 56.5 Å². The zero-order valence-electron chi connectivity index (χ0n) is 19.0. The fraction of sp³-hybridized carbons (Fsp3) is 0.391. The quantitative estimate of drug-likeness (QED) is 0.546. The number of para-hydroxylation sites is 1. The number of nitrogens with one attached hydrogen (secondary N) is 1. The Bertz CT molecular complexity index is 1120. The largest absolute Gasteiger partial charge is 0.492 e. The van der Waals surface area contributed by atoms with E-state index in [0.717, 1.165) is 10.6 Å². The van der Waals surface area contributed by atoms with Gasteiger partial charge < -0.3 is 15.0 Å². The molecule has 1 aliphatic rings. The van der Waals surface area contributed by atoms with Gasteiger partial charge >= 0.3 is 0 Å². The number of amides is 2. The lowest BCUT2D eigenvalue weighted by Gasteiger charge is -2.28. The van der Waals surface area contributed by atoms with Crippen LogP contribution >= 0.6 is 11.8 Å². The predicted molar refractivity (Wildman–Crippen MR) is 130 cm³/mol. The lowest BCUT2D eigenvalue weighted by atomic mass is 10.2. The minimum absolute atomic E-state index is 0.0167. The monoisotopic (exact) mass is 491 g/mol. The third kappa shape index (κ3) is 5.69. The summed E-state index contributed by atoms with van der Waals surface area (Å²) in [7, 11) is -3.78. The Kier molecular flexibility index (Phi) is 8.39. The average molecular weight is 492 g/mol. The van der Waals surface area contributed by atoms with Gasteiger partial charge in [-0.25, -0.2) is 8.42 Å². The first-order valence-electron chi connectivity index (χ1n) is 10.9. The molecule has 2 aromatic rings. The van der Waals surface area contributed by atoms with E-state index in [9.17, 15) is 18.0 Å². The van der Waals surface area contributed by atoms with Crippen LogP contribution in [0.4, 0.5) is 11.4 Å². The number of carbonyl (C=O) groups is 2. The molecule has 0 atom stereocenters. The second kappa shape index (κ2) is 11.0. The van der Waals surface area contributed by atoms with Gasteiger partial charge in [0.15, 0.2) is 0 Å². The molecule has 8 nitrogen and oxygen atoms in total. The Balaban J connectivity index is 1.76. The number of ether oxygens (including phenoxy) is 1. The SMILES string of the molecule is CCOc1ccc(NC(=O)CCN2C(=O)CSc3ccccc32)cc1S(=O)(=O)N(CC)CC. The van der Waals surface area contributed by atoms with Crippen molar-refractivity contribution in [1.82, 2.24) is 4.31 Å². The van der Waals surface area contributed by atoms with Crippen LogP contribution in [-0.2, 0) is 19.6 Å². The maximum absolute atomic E-state index is 13.1. The van der Waals surface area contributed by atoms with E-state index in [1.165, 1.54) is 22.1 Å². The lowest BCUT2D eigenvalue weighted by Crippen LogP contribution is -2.37. The van der Waals surface area contributed by atoms with Crippen molar-refractivity contribution in [3.63, 3.8) is 0 Å². The molecule has 33 heavy (non-hydrogen) atoms. The number of fused-ring (bicyclic) bond motifs is 1. The summed E-state index contributed by atoms with van der Waals surface area (Å²) in [6.07, 6.45) is 0.0794. The minimum atomic E-state index is -3.78. The fourth-order valence-corrected chi connectivity index (χ4v) is 6.15. The molecule has 0 bridgehead atoms. The molecule has 3 rings (SSSR count). The first-order chi connectivity index (χ1) is 15.8. The van der Waals surface area contributed by atoms with Gasteiger partial charge in [-0.05, 0) is 37.3 Å². The molecular formula is C23H29N3O5S2. The molecule has 10 heteroatoms. The fourth-order valence-electron chi connectivity index (χ4n) is 3.60. The highest BCUT2D eigenvalue weighted by molar-refractivity contribution is 8.00. The molecule has 0 saturated heterocycles. The van der Waals surface area contributed by atoms with Gasteiger partial charge in [0.2, 0.25) is 21.8 Å². The first-order valence-corrected chi connectivity index (χ1v) is 13.3. The van der Waals surface area contributed by atoms with Gasteiger partial charge in [0.25, 0.3) is 0 Å². The number of nitrogens with zero attached hydrogens (tertiary/aromatic N) is 2. The Morgan fingerprint density at radius 3 is 2.58 bits per heavy atom. The van der Waals surface area contributed by atoms with Gasteiger partial charge in [0.1, 0.15) is 10.6 Å². The van der Waals surface area contributed by atoms with Gasteiger partial charge in [-0.3, -0.25) is 9.59 Å². The molecule has 0 aliphatic carbocycles. The van der Waals surface area contributed by atoms with E-state index >= 15 is 0 Å². The van der Waals surface area contributed by atoms with Gasteiger partial charge in [-0.15, -0.1) is 11.8 Å². The summed E-state index contributed by atoms with van der Waals surface area (Å²) in [6, 6.07) is 12.2. The highest BCUT2D eigenvalue weighted by Crippen LogP contribution is 2.35. The molecule has 2 amide bonds. The molecule has 0 fully saturated rings. The summed E-state index contributed by atoms with van der Waals surface area (Å²) in [5.41, 5.74) is 1.16. The number of hydrogen-bond donors (Lipinski definition) is 1. The van der Waals surface area contributed by atoms with Crippen molar-refractivity contribution in [3.05, 3.63) is 42.5 Å². The Labute approximate surface area is 199 Å². The van der Waals surface area contributed by atoms with E-state index in [4.69, 9.17) is 4.74 Å². The summed E-state index contributed by atoms with van der Waals surface area (Å²) in [5.74, 6) is 0.230. The van der Waals surface area contributed by atoms with Crippen LogP contribution in [0.2, 0.25) is 0 Å². The van der Waals surface area contributed by atoms with Crippen molar-refractivity contribution in [2.24, 2.45) is 0 Å². The molecule has 0 saturated carbocycles. The van der Waals surface area contributed by atoms with Crippen LogP contribution < -0.4 is 15.0 Å². The standard InChI is InChI=1S/C23H29N3O5S2/c1-4-25(5-2)33(29,30)21-15-17(11-12-19(21)31-6-3)24-22(27)13-14-26-18-9-7-8-10-20(18)32-16-23(26)28/h7-12,15H,4-6,13-14,16H2,1-3H3,(H,24,27). The predicted octanol–water partition coefficient (Wildman–Crippen LogP) is 3.58. The minimum Gasteiger partial charge on any atom is -0.492 e. The summed E-state index contributed by atoms with van der Waals surface area (Å²) in [6.45, 7) is 6.52. The maximum atomic E-state index is 13.1. The molecule has 0 spiro atoms. The van der Waals surface area contributed by atoms with Crippen LogP contribution in [0, 0.1) is 0 Å². The number of hydrogen-bond acceptors (Lipinski definition) is 6. The zero-order valence-corrected chi connectivity index (χ0v) is 20.7. The Morgan fingerprint density at radius 1 is 1.15 bits per heavy atom. The normalized spacial score (nSPS) is 13.7. The molecule has 1 aliphatic heterocycles. The first kappa shape index (κ1) is 25.1. The number of sulfonamides is 1. The number of anilines is 2. The third-order valence-electron chi connectivity index (χ3n) is 5.22. The molecule has 2 aromatic carbocycles. The number of benzene rings is 2. The second-order valence-corrected chi connectivity index (χ2v) is 10.2. The topological polar surface area (TPSA) is 96.0 Å². The summed E-state index contributed by atoms with van der Waals surface area (Å²) in [5, 5.41) is 2.76. The number of carbonyl (C=O) groups excluding carboxylic acids is 2. The molecule has 0 unspecified atom stereocenters. The van der Waals surface area contributed by atoms with Crippen LogP contribution in [0.3, 0.4) is 0 Å². The number of rotatable bonds is 10. The van der Waals surface area contributed by atoms with E-state index in [1.54, 1.807) is 37.8 Å². The van der Waals surface area contributed by atoms with Gasteiger partial charge in [0.05, 0.1) is 18.0 Å². The van der Waals surface area contributed by atoms with E-state index in [1.807, 2.05) is 24.3 Å². The van der Waals surface area contributed by atoms with E-state index in [2.05, 4.69) is 5.32 Å². The van der Waals surface area contributed by atoms with E-state index in [0.29, 0.717) is 31.1 Å². The van der Waals surface area contributed by atoms with E-state index in [-0.39, 0.29) is 35.4 Å². The third-order valence-corrected chi connectivity index (χ3v) is 8.34. The number of thioether (sulfide) groups is 1. The van der Waals surface area contributed by atoms with Gasteiger partial charge in [0, 0.05) is 36.6 Å². The average Bonchev–Trinajstić information content (AvgIpc) is 2.80. The van der Waals surface area contributed by atoms with Crippen LogP contribution in [0.1, 0.15) is 27.2 Å². The van der Waals surface area contributed by atoms with Crippen molar-refractivity contribution in [2.75, 3.05) is 42.2 Å². The smallest absolute Gasteiger partial charge is 0.246 e. The highest BCUT2D eigenvalue weighted by Gasteiger charge is 2.27. The summed E-state index contributed by atoms with van der Waals surface area (Å²) < 4.78 is 33.1. The summed E-state index contributed by atoms with van der Waals surface area (Å²) >= 11 is 1.49. The molecule has 1 N–H and O–H groups in total. The van der Waals surface area contributed by atoms with Crippen LogP contribution in [0.25, 0.3) is 0 Å². The molecule has 0 aromatic heterocycles. The van der Waals surface area contributed by atoms with E-state index < -0.39 is 10.0 Å². The highest BCUT2D eigenvalue weighted by atomic mass is 32.2. The van der Waals surface area contributed by atoms with Crippen molar-refractivity contribution < 1.29 is 22.7 Å². The molecule has 0 radical (unpaired) electrons.